The molecule has 0 N–H and O–H groups in total. The molecule has 0 bridgehead atoms. The normalized spacial score (nSPS) is 13.9. The molecule has 0 saturated heterocycles. The molecule has 0 aromatic heterocycles. The second kappa shape index (κ2) is 11.1. The number of benzene rings is 2. The molecular formula is C27H34N2O3. The number of aryl methyl sites for hydroxylation is 2. The first-order valence-electron chi connectivity index (χ1n) is 11.6. The standard InChI is InChI=1S/C27H34N2O3/c1-5-7-17-32-18-11-16-29-26(30)24(22-15-14-20(3)21(4)19-22)25(27(29)31)28(6-2)23-12-9-8-10-13-23/h8-10,12-15,19H,5-7,11,16-18H2,1-4H3. The molecular weight excluding hydrogens is 400 g/mol. The van der Waals surface area contributed by atoms with Crippen molar-refractivity contribution in [2.24, 2.45) is 0 Å². The van der Waals surface area contributed by atoms with Crippen LogP contribution in [0.15, 0.2) is 54.2 Å². The highest BCUT2D eigenvalue weighted by atomic mass is 16.5. The molecule has 0 spiro atoms. The fourth-order valence-electron chi connectivity index (χ4n) is 3.92. The van der Waals surface area contributed by atoms with Crippen molar-refractivity contribution >= 4 is 23.1 Å². The Morgan fingerprint density at radius 2 is 1.59 bits per heavy atom. The third kappa shape index (κ3) is 5.10. The SMILES string of the molecule is CCCCOCCCN1C(=O)C(c2ccc(C)c(C)c2)=C(N(CC)c2ccccc2)C1=O. The Labute approximate surface area is 191 Å². The summed E-state index contributed by atoms with van der Waals surface area (Å²) in [6.45, 7) is 10.4. The molecule has 2 amide bonds. The molecule has 0 atom stereocenters. The van der Waals surface area contributed by atoms with Crippen LogP contribution in [0.1, 0.15) is 49.8 Å². The van der Waals surface area contributed by atoms with E-state index >= 15 is 0 Å². The topological polar surface area (TPSA) is 49.9 Å². The quantitative estimate of drug-likeness (QED) is 0.364. The highest BCUT2D eigenvalue weighted by Gasteiger charge is 2.41. The first-order valence-corrected chi connectivity index (χ1v) is 11.6. The number of likely N-dealkylation sites (N-methyl/N-ethyl adjacent to an activating group) is 1. The molecule has 5 nitrogen and oxygen atoms in total. The number of anilines is 1. The maximum Gasteiger partial charge on any atom is 0.278 e. The van der Waals surface area contributed by atoms with Crippen LogP contribution in [0.5, 0.6) is 0 Å². The van der Waals surface area contributed by atoms with Crippen molar-refractivity contribution in [2.75, 3.05) is 31.2 Å². The molecule has 1 aliphatic heterocycles. The monoisotopic (exact) mass is 434 g/mol. The van der Waals surface area contributed by atoms with E-state index in [2.05, 4.69) is 6.92 Å². The van der Waals surface area contributed by atoms with Crippen molar-refractivity contribution in [3.8, 4) is 0 Å². The minimum atomic E-state index is -0.234. The van der Waals surface area contributed by atoms with Gasteiger partial charge >= 0.3 is 0 Å². The van der Waals surface area contributed by atoms with Crippen LogP contribution in [0, 0.1) is 13.8 Å². The minimum absolute atomic E-state index is 0.226. The summed E-state index contributed by atoms with van der Waals surface area (Å²) in [6, 6.07) is 15.7. The Bertz CT molecular complexity index is 982. The van der Waals surface area contributed by atoms with Gasteiger partial charge in [-0.1, -0.05) is 49.7 Å². The van der Waals surface area contributed by atoms with Gasteiger partial charge in [-0.15, -0.1) is 0 Å². The predicted octanol–water partition coefficient (Wildman–Crippen LogP) is 5.12. The zero-order valence-corrected chi connectivity index (χ0v) is 19.7. The molecule has 2 aromatic carbocycles. The molecule has 0 saturated carbocycles. The Hall–Kier alpha value is -2.92. The number of amides is 2. The number of para-hydroxylation sites is 1. The van der Waals surface area contributed by atoms with E-state index in [0.29, 0.717) is 44.0 Å². The number of carbonyl (C=O) groups is 2. The summed E-state index contributed by atoms with van der Waals surface area (Å²) in [7, 11) is 0. The Morgan fingerprint density at radius 3 is 2.25 bits per heavy atom. The smallest absolute Gasteiger partial charge is 0.278 e. The summed E-state index contributed by atoms with van der Waals surface area (Å²) >= 11 is 0. The number of hydrogen-bond donors (Lipinski definition) is 0. The molecule has 0 fully saturated rings. The molecule has 32 heavy (non-hydrogen) atoms. The van der Waals surface area contributed by atoms with E-state index in [1.807, 2.05) is 74.2 Å². The summed E-state index contributed by atoms with van der Waals surface area (Å²) in [6.07, 6.45) is 2.74. The van der Waals surface area contributed by atoms with Crippen LogP contribution in [0.25, 0.3) is 5.57 Å². The van der Waals surface area contributed by atoms with E-state index in [-0.39, 0.29) is 11.8 Å². The summed E-state index contributed by atoms with van der Waals surface area (Å²) in [5.41, 5.74) is 4.88. The van der Waals surface area contributed by atoms with E-state index in [4.69, 9.17) is 4.74 Å². The highest BCUT2D eigenvalue weighted by Crippen LogP contribution is 2.34. The van der Waals surface area contributed by atoms with E-state index in [9.17, 15) is 9.59 Å². The van der Waals surface area contributed by atoms with Crippen molar-refractivity contribution < 1.29 is 14.3 Å². The molecule has 1 aliphatic rings. The highest BCUT2D eigenvalue weighted by molar-refractivity contribution is 6.36. The largest absolute Gasteiger partial charge is 0.381 e. The van der Waals surface area contributed by atoms with Gasteiger partial charge in [0.05, 0.1) is 5.57 Å². The molecule has 0 unspecified atom stereocenters. The fourth-order valence-corrected chi connectivity index (χ4v) is 3.92. The minimum Gasteiger partial charge on any atom is -0.381 e. The summed E-state index contributed by atoms with van der Waals surface area (Å²) in [5, 5.41) is 0. The second-order valence-corrected chi connectivity index (χ2v) is 8.18. The molecule has 0 radical (unpaired) electrons. The van der Waals surface area contributed by atoms with Gasteiger partial charge in [0.15, 0.2) is 0 Å². The summed E-state index contributed by atoms with van der Waals surface area (Å²) in [5.74, 6) is -0.460. The van der Waals surface area contributed by atoms with Crippen molar-refractivity contribution in [3.63, 3.8) is 0 Å². The zero-order chi connectivity index (χ0) is 23.1. The third-order valence-corrected chi connectivity index (χ3v) is 5.91. The van der Waals surface area contributed by atoms with Crippen molar-refractivity contribution in [1.29, 1.82) is 0 Å². The van der Waals surface area contributed by atoms with Gasteiger partial charge in [-0.3, -0.25) is 14.5 Å². The van der Waals surface area contributed by atoms with Crippen molar-refractivity contribution in [3.05, 3.63) is 70.9 Å². The molecule has 3 rings (SSSR count). The van der Waals surface area contributed by atoms with Crippen LogP contribution in [0.4, 0.5) is 5.69 Å². The van der Waals surface area contributed by atoms with Crippen LogP contribution >= 0.6 is 0 Å². The van der Waals surface area contributed by atoms with Gasteiger partial charge in [-0.2, -0.15) is 0 Å². The maximum atomic E-state index is 13.6. The van der Waals surface area contributed by atoms with Gasteiger partial charge in [0.2, 0.25) is 0 Å². The van der Waals surface area contributed by atoms with Crippen LogP contribution in [0.3, 0.4) is 0 Å². The van der Waals surface area contributed by atoms with Gasteiger partial charge in [0.25, 0.3) is 11.8 Å². The Morgan fingerprint density at radius 1 is 0.875 bits per heavy atom. The van der Waals surface area contributed by atoms with Crippen molar-refractivity contribution in [1.82, 2.24) is 4.90 Å². The molecule has 170 valence electrons. The van der Waals surface area contributed by atoms with Gasteiger partial charge in [-0.25, -0.2) is 0 Å². The van der Waals surface area contributed by atoms with E-state index in [0.717, 1.165) is 35.2 Å². The molecule has 5 heteroatoms. The number of nitrogens with zero attached hydrogens (tertiary/aromatic N) is 2. The lowest BCUT2D eigenvalue weighted by Gasteiger charge is -2.25. The van der Waals surface area contributed by atoms with Crippen LogP contribution < -0.4 is 4.90 Å². The van der Waals surface area contributed by atoms with Crippen molar-refractivity contribution in [2.45, 2.75) is 47.0 Å². The average molecular weight is 435 g/mol. The number of rotatable bonds is 11. The number of carbonyl (C=O) groups excluding carboxylic acids is 2. The average Bonchev–Trinajstić information content (AvgIpc) is 3.04. The zero-order valence-electron chi connectivity index (χ0n) is 19.7. The number of unbranched alkanes of at least 4 members (excludes halogenated alkanes) is 1. The molecule has 2 aromatic rings. The second-order valence-electron chi connectivity index (χ2n) is 8.18. The van der Waals surface area contributed by atoms with Crippen LogP contribution in [-0.2, 0) is 14.3 Å². The van der Waals surface area contributed by atoms with E-state index < -0.39 is 0 Å². The third-order valence-electron chi connectivity index (χ3n) is 5.91. The van der Waals surface area contributed by atoms with Gasteiger partial charge in [0.1, 0.15) is 5.70 Å². The molecule has 1 heterocycles. The lowest BCUT2D eigenvalue weighted by atomic mass is 9.99. The number of ether oxygens (including phenoxy) is 1. The Kier molecular flexibility index (Phi) is 8.23. The Balaban J connectivity index is 1.95. The lowest BCUT2D eigenvalue weighted by molar-refractivity contribution is -0.137. The maximum absolute atomic E-state index is 13.6. The van der Waals surface area contributed by atoms with E-state index in [1.165, 1.54) is 4.90 Å². The van der Waals surface area contributed by atoms with Gasteiger partial charge in [-0.05, 0) is 62.4 Å². The molecule has 0 aliphatic carbocycles. The lowest BCUT2D eigenvalue weighted by Crippen LogP contribution is -2.36. The van der Waals surface area contributed by atoms with Crippen LogP contribution in [0.2, 0.25) is 0 Å². The van der Waals surface area contributed by atoms with E-state index in [1.54, 1.807) is 0 Å². The van der Waals surface area contributed by atoms with Gasteiger partial charge < -0.3 is 9.64 Å². The summed E-state index contributed by atoms with van der Waals surface area (Å²) in [4.78, 5) is 30.4. The van der Waals surface area contributed by atoms with Crippen LogP contribution in [-0.4, -0.2) is 43.0 Å². The van der Waals surface area contributed by atoms with Gasteiger partial charge in [0, 0.05) is 32.0 Å². The predicted molar refractivity (Wildman–Crippen MR) is 129 cm³/mol. The number of hydrogen-bond acceptors (Lipinski definition) is 4. The first kappa shape index (κ1) is 23.7. The number of imide groups is 1. The fraction of sp³-hybridized carbons (Fsp3) is 0.407. The summed E-state index contributed by atoms with van der Waals surface area (Å²) < 4.78 is 5.64. The first-order chi connectivity index (χ1) is 15.5.